The van der Waals surface area contributed by atoms with Gasteiger partial charge in [-0.1, -0.05) is 16.8 Å². The van der Waals surface area contributed by atoms with Gasteiger partial charge in [0.1, 0.15) is 11.4 Å². The van der Waals surface area contributed by atoms with E-state index in [-0.39, 0.29) is 5.76 Å². The molecule has 1 aromatic carbocycles. The SMILES string of the molecule is COc1c(C)c(C)c(Cl)c(C)c1-c1cc(C(=O)O)on1. The number of rotatable bonds is 3. The largest absolute Gasteiger partial charge is 0.496 e. The molecule has 1 heterocycles. The van der Waals surface area contributed by atoms with E-state index < -0.39 is 5.97 Å². The summed E-state index contributed by atoms with van der Waals surface area (Å²) >= 11 is 6.31. The van der Waals surface area contributed by atoms with Crippen molar-refractivity contribution in [3.8, 4) is 17.0 Å². The van der Waals surface area contributed by atoms with E-state index in [1.165, 1.54) is 6.07 Å². The Kier molecular flexibility index (Phi) is 3.72. The van der Waals surface area contributed by atoms with Crippen LogP contribution in [0.1, 0.15) is 27.2 Å². The number of carboxylic acids is 1. The minimum atomic E-state index is -1.17. The van der Waals surface area contributed by atoms with Gasteiger partial charge in [-0.25, -0.2) is 4.79 Å². The van der Waals surface area contributed by atoms with Gasteiger partial charge in [-0.3, -0.25) is 0 Å². The molecule has 2 rings (SSSR count). The lowest BCUT2D eigenvalue weighted by Crippen LogP contribution is -1.99. The van der Waals surface area contributed by atoms with Crippen LogP contribution in [0.15, 0.2) is 10.6 Å². The van der Waals surface area contributed by atoms with E-state index in [1.807, 2.05) is 20.8 Å². The standard InChI is InChI=1S/C14H14ClNO4/c1-6-7(2)13(19-4)11(8(3)12(6)15)9-5-10(14(17)18)20-16-9/h5H,1-4H3,(H,17,18). The Bertz CT molecular complexity index is 691. The Labute approximate surface area is 121 Å². The van der Waals surface area contributed by atoms with Gasteiger partial charge >= 0.3 is 5.97 Å². The van der Waals surface area contributed by atoms with Crippen LogP contribution in [0, 0.1) is 20.8 Å². The van der Waals surface area contributed by atoms with Crippen molar-refractivity contribution in [3.05, 3.63) is 33.5 Å². The quantitative estimate of drug-likeness (QED) is 0.936. The third kappa shape index (κ3) is 2.14. The molecule has 0 spiro atoms. The van der Waals surface area contributed by atoms with Gasteiger partial charge < -0.3 is 14.4 Å². The average molecular weight is 296 g/mol. The monoisotopic (exact) mass is 295 g/mol. The summed E-state index contributed by atoms with van der Waals surface area (Å²) in [7, 11) is 1.55. The van der Waals surface area contributed by atoms with Crippen LogP contribution in [0.2, 0.25) is 5.02 Å². The smallest absolute Gasteiger partial charge is 0.374 e. The molecule has 6 heteroatoms. The first kappa shape index (κ1) is 14.4. The van der Waals surface area contributed by atoms with Gasteiger partial charge in [0.2, 0.25) is 5.76 Å². The lowest BCUT2D eigenvalue weighted by atomic mass is 9.96. The second-order valence-electron chi connectivity index (χ2n) is 4.48. The minimum Gasteiger partial charge on any atom is -0.496 e. The molecule has 0 bridgehead atoms. The van der Waals surface area contributed by atoms with Gasteiger partial charge in [-0.15, -0.1) is 0 Å². The number of ether oxygens (including phenoxy) is 1. The summed E-state index contributed by atoms with van der Waals surface area (Å²) in [5.74, 6) is -0.777. The molecule has 0 amide bonds. The van der Waals surface area contributed by atoms with Gasteiger partial charge in [0.15, 0.2) is 0 Å². The third-order valence-corrected chi connectivity index (χ3v) is 3.91. The third-order valence-electron chi connectivity index (χ3n) is 3.34. The fraction of sp³-hybridized carbons (Fsp3) is 0.286. The number of nitrogens with zero attached hydrogens (tertiary/aromatic N) is 1. The number of carbonyl (C=O) groups is 1. The molecule has 106 valence electrons. The predicted molar refractivity (Wildman–Crippen MR) is 74.7 cm³/mol. The van der Waals surface area contributed by atoms with Gasteiger partial charge in [0.05, 0.1) is 12.7 Å². The molecule has 0 saturated carbocycles. The normalized spacial score (nSPS) is 10.7. The fourth-order valence-corrected chi connectivity index (χ4v) is 2.38. The summed E-state index contributed by atoms with van der Waals surface area (Å²) in [6.45, 7) is 5.63. The second kappa shape index (κ2) is 5.17. The van der Waals surface area contributed by atoms with Crippen molar-refractivity contribution in [1.29, 1.82) is 0 Å². The molecule has 0 aliphatic carbocycles. The molecule has 0 aliphatic rings. The summed E-state index contributed by atoms with van der Waals surface area (Å²) in [6.07, 6.45) is 0. The summed E-state index contributed by atoms with van der Waals surface area (Å²) in [4.78, 5) is 10.9. The van der Waals surface area contributed by atoms with E-state index in [2.05, 4.69) is 5.16 Å². The van der Waals surface area contributed by atoms with E-state index in [0.29, 0.717) is 22.0 Å². The van der Waals surface area contributed by atoms with Crippen LogP contribution >= 0.6 is 11.6 Å². The fourth-order valence-electron chi connectivity index (χ4n) is 2.14. The van der Waals surface area contributed by atoms with Crippen LogP contribution in [-0.4, -0.2) is 23.3 Å². The Morgan fingerprint density at radius 3 is 2.45 bits per heavy atom. The van der Waals surface area contributed by atoms with Crippen molar-refractivity contribution < 1.29 is 19.2 Å². The van der Waals surface area contributed by atoms with Gasteiger partial charge in [0, 0.05) is 11.1 Å². The highest BCUT2D eigenvalue weighted by Crippen LogP contribution is 2.41. The van der Waals surface area contributed by atoms with Crippen molar-refractivity contribution in [2.45, 2.75) is 20.8 Å². The Hall–Kier alpha value is -2.01. The van der Waals surface area contributed by atoms with E-state index in [1.54, 1.807) is 7.11 Å². The maximum atomic E-state index is 10.9. The zero-order valence-electron chi connectivity index (χ0n) is 11.6. The second-order valence-corrected chi connectivity index (χ2v) is 4.86. The Morgan fingerprint density at radius 2 is 1.95 bits per heavy atom. The molecule has 1 N–H and O–H groups in total. The van der Waals surface area contributed by atoms with Crippen LogP contribution in [0.5, 0.6) is 5.75 Å². The molecule has 20 heavy (non-hydrogen) atoms. The number of carboxylic acid groups (broad SMARTS) is 1. The lowest BCUT2D eigenvalue weighted by Gasteiger charge is -2.17. The number of halogens is 1. The maximum Gasteiger partial charge on any atom is 0.374 e. The van der Waals surface area contributed by atoms with Crippen molar-refractivity contribution >= 4 is 17.6 Å². The summed E-state index contributed by atoms with van der Waals surface area (Å²) in [5.41, 5.74) is 3.63. The van der Waals surface area contributed by atoms with Gasteiger partial charge in [0.25, 0.3) is 0 Å². The molecular weight excluding hydrogens is 282 g/mol. The van der Waals surface area contributed by atoms with Crippen LogP contribution in [-0.2, 0) is 0 Å². The summed E-state index contributed by atoms with van der Waals surface area (Å²) in [5, 5.41) is 13.3. The molecule has 0 saturated heterocycles. The van der Waals surface area contributed by atoms with Crippen LogP contribution in [0.3, 0.4) is 0 Å². The minimum absolute atomic E-state index is 0.226. The number of methoxy groups -OCH3 is 1. The van der Waals surface area contributed by atoms with Gasteiger partial charge in [-0.2, -0.15) is 0 Å². The molecule has 0 atom stereocenters. The molecule has 2 aromatic rings. The molecular formula is C14H14ClNO4. The molecule has 0 radical (unpaired) electrons. The maximum absolute atomic E-state index is 10.9. The molecule has 1 aromatic heterocycles. The van der Waals surface area contributed by atoms with E-state index in [0.717, 1.165) is 16.7 Å². The highest BCUT2D eigenvalue weighted by atomic mass is 35.5. The topological polar surface area (TPSA) is 72.6 Å². The Balaban J connectivity index is 2.75. The van der Waals surface area contributed by atoms with E-state index in [9.17, 15) is 4.79 Å². The zero-order chi connectivity index (χ0) is 15.0. The lowest BCUT2D eigenvalue weighted by molar-refractivity contribution is 0.0652. The van der Waals surface area contributed by atoms with Gasteiger partial charge in [-0.05, 0) is 37.5 Å². The molecule has 0 unspecified atom stereocenters. The number of hydrogen-bond acceptors (Lipinski definition) is 4. The van der Waals surface area contributed by atoms with E-state index >= 15 is 0 Å². The first-order chi connectivity index (χ1) is 9.38. The zero-order valence-corrected chi connectivity index (χ0v) is 12.3. The van der Waals surface area contributed by atoms with Crippen molar-refractivity contribution in [1.82, 2.24) is 5.16 Å². The van der Waals surface area contributed by atoms with E-state index in [4.69, 9.17) is 26.0 Å². The predicted octanol–water partition coefficient (Wildman–Crippen LogP) is 3.63. The molecule has 5 nitrogen and oxygen atoms in total. The molecule has 0 fully saturated rings. The number of aromatic carboxylic acids is 1. The highest BCUT2D eigenvalue weighted by molar-refractivity contribution is 6.32. The highest BCUT2D eigenvalue weighted by Gasteiger charge is 2.22. The van der Waals surface area contributed by atoms with Crippen molar-refractivity contribution in [3.63, 3.8) is 0 Å². The molecule has 0 aliphatic heterocycles. The first-order valence-electron chi connectivity index (χ1n) is 5.92. The van der Waals surface area contributed by atoms with Crippen molar-refractivity contribution in [2.75, 3.05) is 7.11 Å². The number of benzene rings is 1. The van der Waals surface area contributed by atoms with Crippen LogP contribution < -0.4 is 4.74 Å². The average Bonchev–Trinajstić information content (AvgIpc) is 2.89. The summed E-state index contributed by atoms with van der Waals surface area (Å²) in [6, 6.07) is 1.36. The van der Waals surface area contributed by atoms with Crippen molar-refractivity contribution in [2.24, 2.45) is 0 Å². The van der Waals surface area contributed by atoms with Crippen LogP contribution in [0.25, 0.3) is 11.3 Å². The van der Waals surface area contributed by atoms with Crippen LogP contribution in [0.4, 0.5) is 0 Å². The first-order valence-corrected chi connectivity index (χ1v) is 6.29. The number of hydrogen-bond donors (Lipinski definition) is 1. The summed E-state index contributed by atoms with van der Waals surface area (Å²) < 4.78 is 10.2. The number of aromatic nitrogens is 1. The Morgan fingerprint density at radius 1 is 1.30 bits per heavy atom.